The Labute approximate surface area is 184 Å². The summed E-state index contributed by atoms with van der Waals surface area (Å²) in [5.74, 6) is -0.414. The van der Waals surface area contributed by atoms with Gasteiger partial charge in [-0.15, -0.1) is 0 Å². The molecule has 0 radical (unpaired) electrons. The van der Waals surface area contributed by atoms with E-state index >= 15 is 0 Å². The Morgan fingerprint density at radius 3 is 2.03 bits per heavy atom. The van der Waals surface area contributed by atoms with Crippen molar-refractivity contribution in [3.05, 3.63) is 12.2 Å². The van der Waals surface area contributed by atoms with Crippen LogP contribution in [0.15, 0.2) is 12.2 Å². The number of rotatable bonds is 15. The minimum absolute atomic E-state index is 0.0243. The largest absolute Gasteiger partial charge is 0.466 e. The summed E-state index contributed by atoms with van der Waals surface area (Å²) in [5, 5.41) is 0.0845. The van der Waals surface area contributed by atoms with Gasteiger partial charge < -0.3 is 28.1 Å². The van der Waals surface area contributed by atoms with Crippen LogP contribution in [0, 0.1) is 5.92 Å². The van der Waals surface area contributed by atoms with Crippen LogP contribution in [0.25, 0.3) is 0 Å². The first-order valence-electron chi connectivity index (χ1n) is 10.5. The summed E-state index contributed by atoms with van der Waals surface area (Å²) in [6, 6.07) is 0. The Kier molecular flexibility index (Phi) is 14.0. The molecule has 0 bridgehead atoms. The lowest BCUT2D eigenvalue weighted by Crippen LogP contribution is -2.46. The van der Waals surface area contributed by atoms with E-state index < -0.39 is 8.32 Å². The van der Waals surface area contributed by atoms with Gasteiger partial charge in [-0.3, -0.25) is 0 Å². The van der Waals surface area contributed by atoms with Crippen molar-refractivity contribution in [1.29, 1.82) is 0 Å². The molecule has 0 N–H and O–H groups in total. The maximum Gasteiger partial charge on any atom is 0.330 e. The summed E-state index contributed by atoms with van der Waals surface area (Å²) >= 11 is 0. The van der Waals surface area contributed by atoms with Crippen LogP contribution in [-0.4, -0.2) is 67.5 Å². The second kappa shape index (κ2) is 14.3. The Bertz CT molecular complexity index is 502. The normalized spacial score (nSPS) is 17.0. The van der Waals surface area contributed by atoms with Gasteiger partial charge in [-0.2, -0.15) is 0 Å². The molecule has 0 aliphatic carbocycles. The molecule has 0 amide bonds. The fraction of sp³-hybridized carbons (Fsp3) is 0.864. The molecule has 0 aliphatic rings. The highest BCUT2D eigenvalue weighted by Crippen LogP contribution is 2.38. The number of hydrogen-bond acceptors (Lipinski definition) is 7. The van der Waals surface area contributed by atoms with Crippen LogP contribution in [0.2, 0.25) is 18.1 Å². The molecule has 0 unspecified atom stereocenters. The monoisotopic (exact) mass is 448 g/mol. The predicted octanol–water partition coefficient (Wildman–Crippen LogP) is 4.52. The highest BCUT2D eigenvalue weighted by molar-refractivity contribution is 6.74. The second-order valence-corrected chi connectivity index (χ2v) is 14.0. The Hall–Kier alpha value is -0.773. The van der Waals surface area contributed by atoms with E-state index in [1.165, 1.54) is 13.2 Å². The van der Waals surface area contributed by atoms with Crippen molar-refractivity contribution < 1.29 is 32.9 Å². The average molecular weight is 449 g/mol. The number of carbonyl (C=O) groups is 1. The van der Waals surface area contributed by atoms with Gasteiger partial charge in [-0.05, 0) is 37.9 Å². The lowest BCUT2D eigenvalue weighted by atomic mass is 9.96. The van der Waals surface area contributed by atoms with Crippen molar-refractivity contribution in [2.24, 2.45) is 5.92 Å². The molecule has 0 spiro atoms. The zero-order chi connectivity index (χ0) is 23.4. The van der Waals surface area contributed by atoms with Crippen LogP contribution < -0.4 is 0 Å². The Balaban J connectivity index is 5.50. The summed E-state index contributed by atoms with van der Waals surface area (Å²) in [4.78, 5) is 11.5. The van der Waals surface area contributed by atoms with Gasteiger partial charge in [0.15, 0.2) is 8.32 Å². The van der Waals surface area contributed by atoms with Crippen molar-refractivity contribution in [2.75, 3.05) is 34.9 Å². The van der Waals surface area contributed by atoms with Crippen LogP contribution in [0.1, 0.15) is 47.5 Å². The standard InChI is InChI=1S/C22H44O7Si/c1-17(11-12-21(23)26-8)20(28-16-25-7)14-19(13-18(2)27-15-24-6)29-30(9,10)22(3,4)5/h11-12,17-20H,13-16H2,1-10H3/b12-11+/t17-,18-,19+,20+/m1/s1. The third-order valence-corrected chi connectivity index (χ3v) is 10.1. The summed E-state index contributed by atoms with van der Waals surface area (Å²) in [7, 11) is 2.56. The molecule has 0 heterocycles. The molecule has 0 aromatic carbocycles. The Morgan fingerprint density at radius 2 is 1.53 bits per heavy atom. The van der Waals surface area contributed by atoms with E-state index in [2.05, 4.69) is 33.9 Å². The van der Waals surface area contributed by atoms with E-state index in [1.54, 1.807) is 20.3 Å². The van der Waals surface area contributed by atoms with Crippen molar-refractivity contribution in [3.63, 3.8) is 0 Å². The summed E-state index contributed by atoms with van der Waals surface area (Å²) in [6.07, 6.45) is 4.34. The van der Waals surface area contributed by atoms with Gasteiger partial charge in [0.2, 0.25) is 0 Å². The Morgan fingerprint density at radius 1 is 0.967 bits per heavy atom. The van der Waals surface area contributed by atoms with Crippen LogP contribution >= 0.6 is 0 Å². The maximum atomic E-state index is 11.5. The fourth-order valence-corrected chi connectivity index (χ4v) is 4.06. The fourth-order valence-electron chi connectivity index (χ4n) is 2.68. The van der Waals surface area contributed by atoms with Crippen molar-refractivity contribution in [3.8, 4) is 0 Å². The molecule has 0 aliphatic heterocycles. The number of ether oxygens (including phenoxy) is 5. The predicted molar refractivity (Wildman–Crippen MR) is 121 cm³/mol. The highest BCUT2D eigenvalue weighted by Gasteiger charge is 2.40. The van der Waals surface area contributed by atoms with Gasteiger partial charge in [-0.1, -0.05) is 33.8 Å². The third kappa shape index (κ3) is 11.6. The summed E-state index contributed by atoms with van der Waals surface area (Å²) < 4.78 is 33.3. The van der Waals surface area contributed by atoms with Gasteiger partial charge in [0, 0.05) is 32.3 Å². The first-order chi connectivity index (χ1) is 13.9. The second-order valence-electron chi connectivity index (χ2n) is 9.21. The molecule has 7 nitrogen and oxygen atoms in total. The number of carbonyl (C=O) groups excluding carboxylic acids is 1. The van der Waals surface area contributed by atoms with Crippen LogP contribution in [-0.2, 0) is 32.9 Å². The third-order valence-electron chi connectivity index (χ3n) is 5.55. The zero-order valence-corrected chi connectivity index (χ0v) is 21.7. The van der Waals surface area contributed by atoms with E-state index in [4.69, 9.17) is 28.1 Å². The molecular formula is C22H44O7Si. The van der Waals surface area contributed by atoms with Crippen molar-refractivity contribution in [1.82, 2.24) is 0 Å². The van der Waals surface area contributed by atoms with E-state index in [0.717, 1.165) is 6.42 Å². The summed E-state index contributed by atoms with van der Waals surface area (Å²) in [5.41, 5.74) is 0. The van der Waals surface area contributed by atoms with Crippen LogP contribution in [0.5, 0.6) is 0 Å². The topological polar surface area (TPSA) is 72.5 Å². The number of hydrogen-bond donors (Lipinski definition) is 0. The summed E-state index contributed by atoms with van der Waals surface area (Å²) in [6.45, 7) is 15.6. The van der Waals surface area contributed by atoms with E-state index in [0.29, 0.717) is 6.42 Å². The molecule has 178 valence electrons. The molecule has 0 aromatic heterocycles. The smallest absolute Gasteiger partial charge is 0.330 e. The van der Waals surface area contributed by atoms with Gasteiger partial charge in [0.1, 0.15) is 13.6 Å². The lowest BCUT2D eigenvalue weighted by Gasteiger charge is -2.41. The molecular weight excluding hydrogens is 404 g/mol. The minimum atomic E-state index is -2.01. The van der Waals surface area contributed by atoms with E-state index in [1.807, 2.05) is 13.8 Å². The van der Waals surface area contributed by atoms with Crippen molar-refractivity contribution >= 4 is 14.3 Å². The maximum absolute atomic E-state index is 11.5. The minimum Gasteiger partial charge on any atom is -0.466 e. The average Bonchev–Trinajstić information content (AvgIpc) is 2.65. The van der Waals surface area contributed by atoms with Crippen LogP contribution in [0.4, 0.5) is 0 Å². The molecule has 4 atom stereocenters. The molecule has 0 saturated heterocycles. The highest BCUT2D eigenvalue weighted by atomic mass is 28.4. The van der Waals surface area contributed by atoms with Gasteiger partial charge in [0.05, 0.1) is 19.3 Å². The SMILES string of the molecule is COCO[C@H](C)C[C@@H](C[C@H](OCOC)[C@H](C)/C=C/C(=O)OC)O[Si](C)(C)C(C)(C)C. The number of esters is 1. The van der Waals surface area contributed by atoms with Gasteiger partial charge >= 0.3 is 5.97 Å². The number of methoxy groups -OCH3 is 3. The lowest BCUT2D eigenvalue weighted by molar-refractivity contribution is -0.134. The molecule has 30 heavy (non-hydrogen) atoms. The zero-order valence-electron chi connectivity index (χ0n) is 20.7. The molecule has 8 heteroatoms. The van der Waals surface area contributed by atoms with Gasteiger partial charge in [0.25, 0.3) is 0 Å². The van der Waals surface area contributed by atoms with Crippen LogP contribution in [0.3, 0.4) is 0 Å². The molecule has 0 fully saturated rings. The van der Waals surface area contributed by atoms with Gasteiger partial charge in [-0.25, -0.2) is 4.79 Å². The molecule has 0 aromatic rings. The quantitative estimate of drug-likeness (QED) is 0.158. The molecule has 0 saturated carbocycles. The van der Waals surface area contributed by atoms with Crippen molar-refractivity contribution in [2.45, 2.75) is 83.9 Å². The van der Waals surface area contributed by atoms with E-state index in [9.17, 15) is 4.79 Å². The van der Waals surface area contributed by atoms with E-state index in [-0.39, 0.29) is 48.8 Å². The first-order valence-corrected chi connectivity index (χ1v) is 13.4. The first kappa shape index (κ1) is 29.2. The molecule has 0 rings (SSSR count).